The average Bonchev–Trinajstić information content (AvgIpc) is 2.64. The van der Waals surface area contributed by atoms with Crippen molar-refractivity contribution in [2.75, 3.05) is 0 Å². The molecule has 0 saturated carbocycles. The SMILES string of the molecule is CC(C)CCCCCCC(OP(O)O)(c1ccccc1)c1ccccc1. The fourth-order valence-corrected chi connectivity index (χ4v) is 4.02. The highest BCUT2D eigenvalue weighted by atomic mass is 31.2. The molecule has 2 N–H and O–H groups in total. The monoisotopic (exact) mass is 374 g/mol. The maximum Gasteiger partial charge on any atom is 0.328 e. The summed E-state index contributed by atoms with van der Waals surface area (Å²) in [7, 11) is -2.47. The normalized spacial score (nSPS) is 12.1. The van der Waals surface area contributed by atoms with E-state index in [4.69, 9.17) is 4.52 Å². The summed E-state index contributed by atoms with van der Waals surface area (Å²) in [5.74, 6) is 0.749. The van der Waals surface area contributed by atoms with Gasteiger partial charge in [-0.05, 0) is 29.9 Å². The number of unbranched alkanes of at least 4 members (excludes halogenated alkanes) is 3. The molecule has 4 heteroatoms. The predicted octanol–water partition coefficient (Wildman–Crippen LogP) is 6.15. The minimum atomic E-state index is -2.47. The molecule has 2 aromatic rings. The van der Waals surface area contributed by atoms with E-state index in [2.05, 4.69) is 13.8 Å². The van der Waals surface area contributed by atoms with Gasteiger partial charge in [-0.3, -0.25) is 4.52 Å². The van der Waals surface area contributed by atoms with Crippen molar-refractivity contribution in [3.63, 3.8) is 0 Å². The lowest BCUT2D eigenvalue weighted by atomic mass is 9.82. The molecule has 142 valence electrons. The third-order valence-corrected chi connectivity index (χ3v) is 5.25. The predicted molar refractivity (Wildman–Crippen MR) is 109 cm³/mol. The third kappa shape index (κ3) is 6.17. The summed E-state index contributed by atoms with van der Waals surface area (Å²) in [6.07, 6.45) is 6.53. The number of benzene rings is 2. The molecule has 0 bridgehead atoms. The van der Waals surface area contributed by atoms with Crippen molar-refractivity contribution in [2.24, 2.45) is 5.92 Å². The second-order valence-electron chi connectivity index (χ2n) is 7.25. The highest BCUT2D eigenvalue weighted by molar-refractivity contribution is 7.39. The molecule has 2 rings (SSSR count). The minimum absolute atomic E-state index is 0.725. The van der Waals surface area contributed by atoms with Gasteiger partial charge in [-0.15, -0.1) is 0 Å². The lowest BCUT2D eigenvalue weighted by Crippen LogP contribution is -2.29. The van der Waals surface area contributed by atoms with Crippen LogP contribution in [0.5, 0.6) is 0 Å². The molecule has 0 saturated heterocycles. The maximum absolute atomic E-state index is 9.71. The zero-order chi connectivity index (χ0) is 18.8. The van der Waals surface area contributed by atoms with Gasteiger partial charge in [0.1, 0.15) is 5.60 Å². The Kier molecular flexibility index (Phi) is 8.74. The molecule has 0 spiro atoms. The van der Waals surface area contributed by atoms with Crippen LogP contribution in [0.3, 0.4) is 0 Å². The van der Waals surface area contributed by atoms with Crippen LogP contribution in [0.2, 0.25) is 0 Å². The highest BCUT2D eigenvalue weighted by Crippen LogP contribution is 2.46. The van der Waals surface area contributed by atoms with Crippen molar-refractivity contribution in [1.29, 1.82) is 0 Å². The van der Waals surface area contributed by atoms with Crippen molar-refractivity contribution in [3.8, 4) is 0 Å². The van der Waals surface area contributed by atoms with Crippen molar-refractivity contribution >= 4 is 8.60 Å². The van der Waals surface area contributed by atoms with E-state index >= 15 is 0 Å². The molecule has 0 aliphatic heterocycles. The molecule has 26 heavy (non-hydrogen) atoms. The molecule has 0 aliphatic carbocycles. The van der Waals surface area contributed by atoms with Gasteiger partial charge in [0.25, 0.3) is 0 Å². The largest absolute Gasteiger partial charge is 0.328 e. The molecule has 0 amide bonds. The van der Waals surface area contributed by atoms with Gasteiger partial charge < -0.3 is 9.79 Å². The van der Waals surface area contributed by atoms with Gasteiger partial charge in [0.15, 0.2) is 0 Å². The minimum Gasteiger partial charge on any atom is -0.328 e. The molecule has 0 radical (unpaired) electrons. The Balaban J connectivity index is 2.20. The van der Waals surface area contributed by atoms with Crippen LogP contribution >= 0.6 is 8.60 Å². The summed E-state index contributed by atoms with van der Waals surface area (Å²) in [4.78, 5) is 19.4. The van der Waals surface area contributed by atoms with Gasteiger partial charge in [0.05, 0.1) is 0 Å². The fourth-order valence-electron chi connectivity index (χ4n) is 3.44. The van der Waals surface area contributed by atoms with Crippen LogP contribution in [0.1, 0.15) is 63.5 Å². The van der Waals surface area contributed by atoms with E-state index in [-0.39, 0.29) is 0 Å². The lowest BCUT2D eigenvalue weighted by Gasteiger charge is -2.35. The molecule has 0 atom stereocenters. The molecule has 0 fully saturated rings. The van der Waals surface area contributed by atoms with Crippen LogP contribution in [0.4, 0.5) is 0 Å². The molecular weight excluding hydrogens is 343 g/mol. The Labute approximate surface area is 159 Å². The average molecular weight is 374 g/mol. The molecule has 3 nitrogen and oxygen atoms in total. The Bertz CT molecular complexity index is 574. The van der Waals surface area contributed by atoms with Crippen LogP contribution < -0.4 is 0 Å². The Morgan fingerprint density at radius 3 is 1.77 bits per heavy atom. The van der Waals surface area contributed by atoms with Crippen LogP contribution in [-0.4, -0.2) is 9.79 Å². The highest BCUT2D eigenvalue weighted by Gasteiger charge is 2.37. The summed E-state index contributed by atoms with van der Waals surface area (Å²) in [5, 5.41) is 0. The molecule has 2 aromatic carbocycles. The molecule has 0 heterocycles. The Morgan fingerprint density at radius 1 is 0.808 bits per heavy atom. The van der Waals surface area contributed by atoms with Crippen LogP contribution in [0.25, 0.3) is 0 Å². The topological polar surface area (TPSA) is 49.7 Å². The molecule has 0 aliphatic rings. The summed E-state index contributed by atoms with van der Waals surface area (Å²) in [5.41, 5.74) is 1.10. The number of hydrogen-bond acceptors (Lipinski definition) is 3. The maximum atomic E-state index is 9.71. The second-order valence-corrected chi connectivity index (χ2v) is 7.94. The lowest BCUT2D eigenvalue weighted by molar-refractivity contribution is 0.0790. The van der Waals surface area contributed by atoms with E-state index in [0.717, 1.165) is 36.3 Å². The molecular formula is C22H31O3P. The standard InChI is InChI=1S/C22H31O3P/c1-19(2)13-7-3-4-12-18-22(25-26(23)24,20-14-8-5-9-15-20)21-16-10-6-11-17-21/h5-6,8-11,14-17,19,23-24H,3-4,7,12-13,18H2,1-2H3. The van der Waals surface area contributed by atoms with Crippen LogP contribution in [0, 0.1) is 5.92 Å². The summed E-state index contributed by atoms with van der Waals surface area (Å²) < 4.78 is 5.83. The van der Waals surface area contributed by atoms with Crippen molar-refractivity contribution < 1.29 is 14.3 Å². The zero-order valence-electron chi connectivity index (χ0n) is 15.8. The van der Waals surface area contributed by atoms with E-state index in [1.807, 2.05) is 60.7 Å². The van der Waals surface area contributed by atoms with Crippen LogP contribution in [-0.2, 0) is 10.1 Å². The summed E-state index contributed by atoms with van der Waals surface area (Å²) in [6, 6.07) is 19.8. The van der Waals surface area contributed by atoms with Gasteiger partial charge in [-0.1, -0.05) is 100 Å². The van der Waals surface area contributed by atoms with Gasteiger partial charge in [0.2, 0.25) is 0 Å². The van der Waals surface area contributed by atoms with E-state index in [1.165, 1.54) is 19.3 Å². The second kappa shape index (κ2) is 10.8. The fraction of sp³-hybridized carbons (Fsp3) is 0.455. The molecule has 0 aromatic heterocycles. The third-order valence-electron chi connectivity index (χ3n) is 4.78. The van der Waals surface area contributed by atoms with Gasteiger partial charge in [-0.25, -0.2) is 0 Å². The van der Waals surface area contributed by atoms with E-state index in [0.29, 0.717) is 0 Å². The smallest absolute Gasteiger partial charge is 0.328 e. The van der Waals surface area contributed by atoms with Crippen molar-refractivity contribution in [2.45, 2.75) is 58.0 Å². The van der Waals surface area contributed by atoms with Crippen LogP contribution in [0.15, 0.2) is 60.7 Å². The van der Waals surface area contributed by atoms with Gasteiger partial charge >= 0.3 is 8.60 Å². The van der Waals surface area contributed by atoms with Gasteiger partial charge in [0, 0.05) is 0 Å². The van der Waals surface area contributed by atoms with Crippen molar-refractivity contribution in [1.82, 2.24) is 0 Å². The Hall–Kier alpha value is -1.25. The Morgan fingerprint density at radius 2 is 1.31 bits per heavy atom. The first kappa shape index (κ1) is 21.1. The van der Waals surface area contributed by atoms with E-state index in [1.54, 1.807) is 0 Å². The van der Waals surface area contributed by atoms with Gasteiger partial charge in [-0.2, -0.15) is 0 Å². The van der Waals surface area contributed by atoms with E-state index in [9.17, 15) is 9.79 Å². The molecule has 0 unspecified atom stereocenters. The quantitative estimate of drug-likeness (QED) is 0.366. The summed E-state index contributed by atoms with van der Waals surface area (Å²) in [6.45, 7) is 4.52. The first-order valence-corrected chi connectivity index (χ1v) is 10.7. The summed E-state index contributed by atoms with van der Waals surface area (Å²) >= 11 is 0. The van der Waals surface area contributed by atoms with E-state index < -0.39 is 14.2 Å². The number of hydrogen-bond donors (Lipinski definition) is 2. The van der Waals surface area contributed by atoms with Crippen molar-refractivity contribution in [3.05, 3.63) is 71.8 Å². The number of rotatable bonds is 11. The first-order valence-electron chi connectivity index (χ1n) is 9.52. The first-order chi connectivity index (χ1) is 12.5. The zero-order valence-corrected chi connectivity index (χ0v) is 16.7.